The van der Waals surface area contributed by atoms with Gasteiger partial charge in [0.05, 0.1) is 0 Å². The lowest BCUT2D eigenvalue weighted by Gasteiger charge is -2.34. The second kappa shape index (κ2) is 5.83. The smallest absolute Gasteiger partial charge is 0.0323 e. The van der Waals surface area contributed by atoms with Gasteiger partial charge < -0.3 is 15.1 Å². The van der Waals surface area contributed by atoms with Crippen LogP contribution in [-0.4, -0.2) is 62.2 Å². The molecular formula is C12H25N3. The zero-order valence-corrected chi connectivity index (χ0v) is 10.0. The van der Waals surface area contributed by atoms with Crippen LogP contribution in [0.3, 0.4) is 0 Å². The Morgan fingerprint density at radius 2 is 1.80 bits per heavy atom. The standard InChI is InChI=1S/C12H25N3/c1-14-9-6-13-12(10-14)11-15-7-4-2-3-5-8-15/h12-13H,2-11H2,1H3. The van der Waals surface area contributed by atoms with Crippen LogP contribution in [0.15, 0.2) is 0 Å². The number of hydrogen-bond donors (Lipinski definition) is 1. The first-order valence-electron chi connectivity index (χ1n) is 6.49. The van der Waals surface area contributed by atoms with E-state index >= 15 is 0 Å². The van der Waals surface area contributed by atoms with E-state index in [0.717, 1.165) is 6.54 Å². The maximum atomic E-state index is 3.63. The van der Waals surface area contributed by atoms with E-state index in [1.807, 2.05) is 0 Å². The van der Waals surface area contributed by atoms with Gasteiger partial charge in [-0.2, -0.15) is 0 Å². The lowest BCUT2D eigenvalue weighted by atomic mass is 10.2. The van der Waals surface area contributed by atoms with Crippen molar-refractivity contribution in [1.82, 2.24) is 15.1 Å². The first-order valence-corrected chi connectivity index (χ1v) is 6.49. The normalized spacial score (nSPS) is 31.4. The maximum absolute atomic E-state index is 3.63. The van der Waals surface area contributed by atoms with Gasteiger partial charge in [0.2, 0.25) is 0 Å². The Labute approximate surface area is 93.8 Å². The third-order valence-electron chi connectivity index (χ3n) is 3.64. The van der Waals surface area contributed by atoms with Crippen LogP contribution in [0.1, 0.15) is 25.7 Å². The Hall–Kier alpha value is -0.120. The second-order valence-corrected chi connectivity index (χ2v) is 5.13. The van der Waals surface area contributed by atoms with Crippen molar-refractivity contribution in [2.45, 2.75) is 31.7 Å². The summed E-state index contributed by atoms with van der Waals surface area (Å²) in [6.07, 6.45) is 5.69. The summed E-state index contributed by atoms with van der Waals surface area (Å²) in [5, 5.41) is 3.63. The third kappa shape index (κ3) is 3.74. The van der Waals surface area contributed by atoms with Crippen LogP contribution in [0.2, 0.25) is 0 Å². The van der Waals surface area contributed by atoms with Crippen molar-refractivity contribution in [2.24, 2.45) is 0 Å². The Kier molecular flexibility index (Phi) is 4.42. The first kappa shape index (κ1) is 11.4. The summed E-state index contributed by atoms with van der Waals surface area (Å²) in [7, 11) is 2.23. The van der Waals surface area contributed by atoms with E-state index in [4.69, 9.17) is 0 Å². The van der Waals surface area contributed by atoms with Crippen molar-refractivity contribution in [3.63, 3.8) is 0 Å². The molecule has 2 heterocycles. The Morgan fingerprint density at radius 1 is 1.07 bits per heavy atom. The highest BCUT2D eigenvalue weighted by molar-refractivity contribution is 4.80. The molecule has 0 radical (unpaired) electrons. The number of nitrogens with zero attached hydrogens (tertiary/aromatic N) is 2. The third-order valence-corrected chi connectivity index (χ3v) is 3.64. The summed E-state index contributed by atoms with van der Waals surface area (Å²) >= 11 is 0. The van der Waals surface area contributed by atoms with Crippen molar-refractivity contribution < 1.29 is 0 Å². The quantitative estimate of drug-likeness (QED) is 0.728. The van der Waals surface area contributed by atoms with Crippen molar-refractivity contribution >= 4 is 0 Å². The number of rotatable bonds is 2. The molecule has 2 fully saturated rings. The van der Waals surface area contributed by atoms with Crippen molar-refractivity contribution in [1.29, 1.82) is 0 Å². The summed E-state index contributed by atoms with van der Waals surface area (Å²) in [5.41, 5.74) is 0. The van der Waals surface area contributed by atoms with Crippen LogP contribution in [0.5, 0.6) is 0 Å². The molecule has 0 saturated carbocycles. The minimum absolute atomic E-state index is 0.696. The van der Waals surface area contributed by atoms with Crippen molar-refractivity contribution in [2.75, 3.05) is 46.3 Å². The van der Waals surface area contributed by atoms with Gasteiger partial charge in [0.25, 0.3) is 0 Å². The van der Waals surface area contributed by atoms with Crippen LogP contribution in [0.25, 0.3) is 0 Å². The SMILES string of the molecule is CN1CCNC(CN2CCCCCC2)C1. The van der Waals surface area contributed by atoms with Gasteiger partial charge in [-0.05, 0) is 33.0 Å². The largest absolute Gasteiger partial charge is 0.310 e. The highest BCUT2D eigenvalue weighted by atomic mass is 15.2. The molecule has 0 aromatic heterocycles. The maximum Gasteiger partial charge on any atom is 0.0323 e. The van der Waals surface area contributed by atoms with Crippen LogP contribution < -0.4 is 5.32 Å². The summed E-state index contributed by atoms with van der Waals surface area (Å²) < 4.78 is 0. The average Bonchev–Trinajstić information content (AvgIpc) is 2.46. The average molecular weight is 211 g/mol. The Balaban J connectivity index is 1.74. The van der Waals surface area contributed by atoms with E-state index < -0.39 is 0 Å². The second-order valence-electron chi connectivity index (χ2n) is 5.13. The lowest BCUT2D eigenvalue weighted by Crippen LogP contribution is -2.53. The van der Waals surface area contributed by atoms with Gasteiger partial charge in [0.15, 0.2) is 0 Å². The summed E-state index contributed by atoms with van der Waals surface area (Å²) in [5.74, 6) is 0. The molecule has 88 valence electrons. The van der Waals surface area contributed by atoms with Crippen molar-refractivity contribution in [3.05, 3.63) is 0 Å². The summed E-state index contributed by atoms with van der Waals surface area (Å²) in [6.45, 7) is 7.48. The molecule has 1 unspecified atom stereocenters. The van der Waals surface area contributed by atoms with Gasteiger partial charge in [0.1, 0.15) is 0 Å². The molecule has 0 bridgehead atoms. The minimum Gasteiger partial charge on any atom is -0.310 e. The van der Waals surface area contributed by atoms with Crippen LogP contribution >= 0.6 is 0 Å². The van der Waals surface area contributed by atoms with E-state index in [2.05, 4.69) is 22.2 Å². The van der Waals surface area contributed by atoms with Crippen LogP contribution in [0.4, 0.5) is 0 Å². The molecule has 3 nitrogen and oxygen atoms in total. The molecule has 2 saturated heterocycles. The molecule has 1 N–H and O–H groups in total. The van der Waals surface area contributed by atoms with Crippen LogP contribution in [0, 0.1) is 0 Å². The lowest BCUT2D eigenvalue weighted by molar-refractivity contribution is 0.181. The van der Waals surface area contributed by atoms with Gasteiger partial charge in [0, 0.05) is 32.2 Å². The van der Waals surface area contributed by atoms with Gasteiger partial charge in [-0.25, -0.2) is 0 Å². The van der Waals surface area contributed by atoms with Gasteiger partial charge in [-0.15, -0.1) is 0 Å². The summed E-state index contributed by atoms with van der Waals surface area (Å²) in [6, 6.07) is 0.696. The molecule has 0 aromatic carbocycles. The number of piperazine rings is 1. The molecule has 3 heteroatoms. The molecule has 0 amide bonds. The predicted molar refractivity (Wildman–Crippen MR) is 64.2 cm³/mol. The van der Waals surface area contributed by atoms with Gasteiger partial charge in [-0.3, -0.25) is 0 Å². The topological polar surface area (TPSA) is 18.5 Å². The number of nitrogens with one attached hydrogen (secondary N) is 1. The Bertz CT molecular complexity index is 176. The zero-order valence-electron chi connectivity index (χ0n) is 10.0. The molecule has 0 spiro atoms. The van der Waals surface area contributed by atoms with E-state index in [9.17, 15) is 0 Å². The fraction of sp³-hybridized carbons (Fsp3) is 1.00. The highest BCUT2D eigenvalue weighted by Crippen LogP contribution is 2.10. The van der Waals surface area contributed by atoms with Crippen LogP contribution in [-0.2, 0) is 0 Å². The fourth-order valence-electron chi connectivity index (χ4n) is 2.74. The van der Waals surface area contributed by atoms with E-state index in [1.54, 1.807) is 0 Å². The molecule has 2 aliphatic rings. The van der Waals surface area contributed by atoms with E-state index in [0.29, 0.717) is 6.04 Å². The van der Waals surface area contributed by atoms with E-state index in [1.165, 1.54) is 58.4 Å². The summed E-state index contributed by atoms with van der Waals surface area (Å²) in [4.78, 5) is 5.10. The first-order chi connectivity index (χ1) is 7.34. The highest BCUT2D eigenvalue weighted by Gasteiger charge is 2.19. The molecule has 15 heavy (non-hydrogen) atoms. The molecular weight excluding hydrogens is 186 g/mol. The molecule has 0 aliphatic carbocycles. The van der Waals surface area contributed by atoms with E-state index in [-0.39, 0.29) is 0 Å². The van der Waals surface area contributed by atoms with Crippen molar-refractivity contribution in [3.8, 4) is 0 Å². The molecule has 2 aliphatic heterocycles. The number of hydrogen-bond acceptors (Lipinski definition) is 3. The molecule has 2 rings (SSSR count). The minimum atomic E-state index is 0.696. The van der Waals surface area contributed by atoms with Gasteiger partial charge in [-0.1, -0.05) is 12.8 Å². The number of likely N-dealkylation sites (tertiary alicyclic amines) is 1. The predicted octanol–water partition coefficient (Wildman–Crippen LogP) is 0.766. The van der Waals surface area contributed by atoms with Gasteiger partial charge >= 0.3 is 0 Å². The fourth-order valence-corrected chi connectivity index (χ4v) is 2.74. The molecule has 1 atom stereocenters. The Morgan fingerprint density at radius 3 is 2.47 bits per heavy atom. The molecule has 0 aromatic rings. The number of likely N-dealkylation sites (N-methyl/N-ethyl adjacent to an activating group) is 1. The zero-order chi connectivity index (χ0) is 10.5. The monoisotopic (exact) mass is 211 g/mol.